The number of anilines is 2. The van der Waals surface area contributed by atoms with Crippen LogP contribution in [0.3, 0.4) is 0 Å². The van der Waals surface area contributed by atoms with Gasteiger partial charge in [0, 0.05) is 68.8 Å². The average Bonchev–Trinajstić information content (AvgIpc) is 3.12. The molecule has 2 aromatic carbocycles. The van der Waals surface area contributed by atoms with E-state index in [1.54, 1.807) is 18.2 Å². The Balaban J connectivity index is 0.927. The number of pyridine rings is 1. The molecular weight excluding hydrogens is 684 g/mol. The number of ether oxygens (including phenoxy) is 1. The van der Waals surface area contributed by atoms with E-state index in [1.165, 1.54) is 10.5 Å². The fraction of sp³-hybridized carbons (Fsp3) is 0.400. The van der Waals surface area contributed by atoms with Crippen LogP contribution in [-0.2, 0) is 19.6 Å². The van der Waals surface area contributed by atoms with Gasteiger partial charge in [0.25, 0.3) is 12.0 Å². The topological polar surface area (TPSA) is 167 Å². The lowest BCUT2D eigenvalue weighted by Crippen LogP contribution is -2.42. The second kappa shape index (κ2) is 14.3. The molecule has 2 amide bonds. The Hall–Kier alpha value is -4.96. The first-order chi connectivity index (χ1) is 24.5. The van der Waals surface area contributed by atoms with Gasteiger partial charge in [-0.1, -0.05) is 18.2 Å². The van der Waals surface area contributed by atoms with Crippen molar-refractivity contribution in [1.29, 1.82) is 0 Å². The summed E-state index contributed by atoms with van der Waals surface area (Å²) in [6.07, 6.45) is 1.63. The van der Waals surface area contributed by atoms with Gasteiger partial charge in [-0.15, -0.1) is 0 Å². The molecule has 13 nitrogen and oxygen atoms in total. The summed E-state index contributed by atoms with van der Waals surface area (Å²) in [4.78, 5) is 49.1. The van der Waals surface area contributed by atoms with E-state index in [2.05, 4.69) is 30.5 Å². The molecule has 0 bridgehead atoms. The fourth-order valence-corrected chi connectivity index (χ4v) is 8.40. The molecule has 4 aromatic rings. The number of aromatic amines is 1. The molecule has 0 spiro atoms. The molecule has 3 N–H and O–H groups in total. The van der Waals surface area contributed by atoms with Crippen LogP contribution >= 0.6 is 0 Å². The summed E-state index contributed by atoms with van der Waals surface area (Å²) in [5.74, 6) is -0.0247. The van der Waals surface area contributed by atoms with E-state index in [0.29, 0.717) is 44.5 Å². The first-order valence-corrected chi connectivity index (χ1v) is 18.4. The second-order valence-electron chi connectivity index (χ2n) is 13.1. The van der Waals surface area contributed by atoms with Crippen molar-refractivity contribution in [3.63, 3.8) is 0 Å². The van der Waals surface area contributed by atoms with Crippen molar-refractivity contribution in [3.8, 4) is 5.75 Å². The lowest BCUT2D eigenvalue weighted by molar-refractivity contribution is -0.134. The summed E-state index contributed by atoms with van der Waals surface area (Å²) >= 11 is 0. The number of amides is 2. The minimum atomic E-state index is -3.76. The van der Waals surface area contributed by atoms with Crippen LogP contribution in [0.5, 0.6) is 5.75 Å². The Morgan fingerprint density at radius 1 is 0.922 bits per heavy atom. The first-order valence-electron chi connectivity index (χ1n) is 16.9. The molecule has 3 aliphatic rings. The molecule has 268 valence electrons. The van der Waals surface area contributed by atoms with Crippen molar-refractivity contribution in [2.24, 2.45) is 0 Å². The molecule has 7 rings (SSSR count). The maximum absolute atomic E-state index is 13.7. The molecule has 2 aromatic heterocycles. The lowest BCUT2D eigenvalue weighted by atomic mass is 9.90. The van der Waals surface area contributed by atoms with Gasteiger partial charge in [-0.2, -0.15) is 9.29 Å². The van der Waals surface area contributed by atoms with Crippen molar-refractivity contribution in [1.82, 2.24) is 24.6 Å². The van der Waals surface area contributed by atoms with Crippen molar-refractivity contribution >= 4 is 44.5 Å². The molecule has 0 radical (unpaired) electrons. The fourth-order valence-electron chi connectivity index (χ4n) is 6.89. The van der Waals surface area contributed by atoms with Gasteiger partial charge in [-0.3, -0.25) is 19.7 Å². The number of alkyl halides is 2. The van der Waals surface area contributed by atoms with Gasteiger partial charge in [-0.25, -0.2) is 22.2 Å². The number of carbonyl (C=O) groups is 2. The maximum atomic E-state index is 13.7. The normalized spacial score (nSPS) is 19.7. The molecule has 3 saturated heterocycles. The number of imide groups is 1. The van der Waals surface area contributed by atoms with Crippen molar-refractivity contribution in [3.05, 3.63) is 82.3 Å². The van der Waals surface area contributed by atoms with Crippen LogP contribution in [0.15, 0.2) is 70.5 Å². The molecule has 0 aliphatic carbocycles. The highest BCUT2D eigenvalue weighted by molar-refractivity contribution is 7.89. The third-order valence-corrected chi connectivity index (χ3v) is 11.6. The summed E-state index contributed by atoms with van der Waals surface area (Å²) in [7, 11) is -3.76. The van der Waals surface area contributed by atoms with Crippen LogP contribution < -0.4 is 25.8 Å². The van der Waals surface area contributed by atoms with E-state index < -0.39 is 27.6 Å². The number of rotatable bonds is 9. The van der Waals surface area contributed by atoms with E-state index >= 15 is 0 Å². The Morgan fingerprint density at radius 2 is 1.69 bits per heavy atom. The highest BCUT2D eigenvalue weighted by atomic mass is 32.2. The number of halogens is 2. The summed E-state index contributed by atoms with van der Waals surface area (Å²) in [5.41, 5.74) is 0.220. The molecule has 1 unspecified atom stereocenters. The number of benzene rings is 2. The van der Waals surface area contributed by atoms with Crippen molar-refractivity contribution in [2.45, 2.75) is 67.9 Å². The van der Waals surface area contributed by atoms with E-state index in [-0.39, 0.29) is 64.8 Å². The molecule has 16 heteroatoms. The SMILES string of the molecule is O=C1CCC(c2cccc(OC3CCN(c4cccc(S(=O)(=O)N5CCC(Nc6ncc7cc(C(F)F)c(=O)[nH]c7n6)CC5)c4)CC3)c2)C(=O)N1. The summed E-state index contributed by atoms with van der Waals surface area (Å²) in [6, 6.07) is 15.4. The van der Waals surface area contributed by atoms with Gasteiger partial charge in [0.05, 0.1) is 16.4 Å². The predicted octanol–water partition coefficient (Wildman–Crippen LogP) is 4.09. The Kier molecular flexibility index (Phi) is 9.70. The van der Waals surface area contributed by atoms with E-state index in [0.717, 1.165) is 30.2 Å². The highest BCUT2D eigenvalue weighted by Crippen LogP contribution is 2.31. The number of fused-ring (bicyclic) bond motifs is 1. The third-order valence-electron chi connectivity index (χ3n) is 9.71. The zero-order chi connectivity index (χ0) is 35.7. The molecule has 1 atom stereocenters. The van der Waals surface area contributed by atoms with Crippen LogP contribution in [-0.4, -0.2) is 77.8 Å². The van der Waals surface area contributed by atoms with Gasteiger partial charge < -0.3 is 19.9 Å². The van der Waals surface area contributed by atoms with E-state index in [9.17, 15) is 31.6 Å². The van der Waals surface area contributed by atoms with Crippen LogP contribution in [0.4, 0.5) is 20.4 Å². The number of aromatic nitrogens is 3. The Labute approximate surface area is 292 Å². The quantitative estimate of drug-likeness (QED) is 0.214. The number of carbonyl (C=O) groups excluding carboxylic acids is 2. The van der Waals surface area contributed by atoms with E-state index in [1.807, 2.05) is 30.3 Å². The predicted molar refractivity (Wildman–Crippen MR) is 184 cm³/mol. The number of nitrogens with one attached hydrogen (secondary N) is 3. The third kappa shape index (κ3) is 7.56. The van der Waals surface area contributed by atoms with Gasteiger partial charge >= 0.3 is 0 Å². The van der Waals surface area contributed by atoms with E-state index in [4.69, 9.17) is 4.74 Å². The maximum Gasteiger partial charge on any atom is 0.269 e. The van der Waals surface area contributed by atoms with Gasteiger partial charge in [-0.05, 0) is 61.2 Å². The number of piperidine rings is 3. The van der Waals surface area contributed by atoms with Crippen LogP contribution in [0.2, 0.25) is 0 Å². The Morgan fingerprint density at radius 3 is 2.43 bits per heavy atom. The molecule has 51 heavy (non-hydrogen) atoms. The van der Waals surface area contributed by atoms with Crippen LogP contribution in [0.1, 0.15) is 62.0 Å². The van der Waals surface area contributed by atoms with Gasteiger partial charge in [0.15, 0.2) is 0 Å². The Bertz CT molecular complexity index is 2120. The van der Waals surface area contributed by atoms with Crippen LogP contribution in [0, 0.1) is 0 Å². The minimum absolute atomic E-state index is 0.0410. The first kappa shape index (κ1) is 34.5. The molecule has 5 heterocycles. The minimum Gasteiger partial charge on any atom is -0.490 e. The lowest BCUT2D eigenvalue weighted by Gasteiger charge is -2.34. The monoisotopic (exact) mass is 721 g/mol. The number of H-pyrrole nitrogens is 1. The summed E-state index contributed by atoms with van der Waals surface area (Å²) in [6.45, 7) is 1.91. The van der Waals surface area contributed by atoms with Crippen LogP contribution in [0.25, 0.3) is 11.0 Å². The van der Waals surface area contributed by atoms with Gasteiger partial charge in [0.2, 0.25) is 27.8 Å². The number of sulfonamides is 1. The summed E-state index contributed by atoms with van der Waals surface area (Å²) in [5, 5.41) is 5.86. The zero-order valence-electron chi connectivity index (χ0n) is 27.6. The number of hydrogen-bond donors (Lipinski definition) is 3. The molecular formula is C35H37F2N7O6S. The smallest absolute Gasteiger partial charge is 0.269 e. The molecule has 3 aliphatic heterocycles. The molecule has 3 fully saturated rings. The summed E-state index contributed by atoms with van der Waals surface area (Å²) < 4.78 is 61.3. The highest BCUT2D eigenvalue weighted by Gasteiger charge is 2.31. The molecule has 0 saturated carbocycles. The zero-order valence-corrected chi connectivity index (χ0v) is 28.4. The average molecular weight is 722 g/mol. The largest absolute Gasteiger partial charge is 0.490 e. The van der Waals surface area contributed by atoms with Gasteiger partial charge in [0.1, 0.15) is 17.5 Å². The number of nitrogens with zero attached hydrogens (tertiary/aromatic N) is 4. The second-order valence-corrected chi connectivity index (χ2v) is 15.0. The number of hydrogen-bond acceptors (Lipinski definition) is 10. The van der Waals surface area contributed by atoms with Crippen molar-refractivity contribution in [2.75, 3.05) is 36.4 Å². The standard InChI is InChI=1S/C35H37F2N7O6S/c36-31(37)29-18-22-20-38-35(42-32(22)41-34(29)47)39-23-9-15-44(16-10-23)51(48,49)27-6-2-4-24(19-27)43-13-11-25(12-14-43)50-26-5-1-3-21(17-26)28-7-8-30(45)40-33(28)46/h1-6,17-20,23,25,28,31H,7-16H2,(H,40,45,46)(H2,38,39,41,42,47). The van der Waals surface area contributed by atoms with Crippen molar-refractivity contribution < 1.29 is 31.5 Å².